The number of fused-ring (bicyclic) bond motifs is 4. The van der Waals surface area contributed by atoms with Gasteiger partial charge in [0.2, 0.25) is 0 Å². The Morgan fingerprint density at radius 1 is 0.760 bits per heavy atom. The van der Waals surface area contributed by atoms with Crippen LogP contribution in [0.1, 0.15) is 29.5 Å². The van der Waals surface area contributed by atoms with Gasteiger partial charge in [-0.3, -0.25) is 4.98 Å². The number of pyridine rings is 1. The van der Waals surface area contributed by atoms with Crippen LogP contribution in [0.5, 0.6) is 0 Å². The summed E-state index contributed by atoms with van der Waals surface area (Å²) in [6.45, 7) is 2.22. The molecule has 0 atom stereocenters. The number of hydrogen-bond donors (Lipinski definition) is 0. The fourth-order valence-corrected chi connectivity index (χ4v) is 4.23. The van der Waals surface area contributed by atoms with Gasteiger partial charge in [-0.2, -0.15) is 0 Å². The van der Waals surface area contributed by atoms with E-state index in [1.54, 1.807) is 5.56 Å². The highest BCUT2D eigenvalue weighted by Gasteiger charge is 2.14. The van der Waals surface area contributed by atoms with Gasteiger partial charge in [0.25, 0.3) is 0 Å². The number of rotatable bonds is 1. The van der Waals surface area contributed by atoms with E-state index in [-0.39, 0.29) is 0 Å². The second-order valence-corrected chi connectivity index (χ2v) is 7.22. The summed E-state index contributed by atoms with van der Waals surface area (Å²) in [7, 11) is 0. The smallest absolute Gasteiger partial charge is 0.0711 e. The Balaban J connectivity index is 1.74. The summed E-state index contributed by atoms with van der Waals surface area (Å²) in [5.41, 5.74) is 6.78. The summed E-state index contributed by atoms with van der Waals surface area (Å²) in [5.74, 6) is 0. The molecule has 0 bridgehead atoms. The van der Waals surface area contributed by atoms with Gasteiger partial charge in [0, 0.05) is 17.1 Å². The highest BCUT2D eigenvalue weighted by Crippen LogP contribution is 2.33. The zero-order valence-electron chi connectivity index (χ0n) is 14.5. The zero-order chi connectivity index (χ0) is 16.8. The Bertz CT molecular complexity index is 1110. The topological polar surface area (TPSA) is 12.9 Å². The van der Waals surface area contributed by atoms with Gasteiger partial charge < -0.3 is 0 Å². The lowest BCUT2D eigenvalue weighted by atomic mass is 9.87. The standard InChI is InChI=1S/C24H21N/c1-16-12-18-7-2-3-8-19(18)13-22(16)24-14-23-20(15-25-24)11-10-17-6-4-5-9-21(17)23/h4-6,9-15H,2-3,7-8H2,1H3. The van der Waals surface area contributed by atoms with Crippen molar-refractivity contribution in [2.75, 3.05) is 0 Å². The van der Waals surface area contributed by atoms with Gasteiger partial charge in [0.05, 0.1) is 5.69 Å². The Morgan fingerprint density at radius 2 is 1.52 bits per heavy atom. The first-order valence-corrected chi connectivity index (χ1v) is 9.20. The van der Waals surface area contributed by atoms with Crippen molar-refractivity contribution in [3.05, 3.63) is 77.5 Å². The molecule has 0 fully saturated rings. The molecule has 1 aromatic heterocycles. The maximum Gasteiger partial charge on any atom is 0.0711 e. The third kappa shape index (κ3) is 2.42. The largest absolute Gasteiger partial charge is 0.256 e. The summed E-state index contributed by atoms with van der Waals surface area (Å²) in [6.07, 6.45) is 7.10. The highest BCUT2D eigenvalue weighted by molar-refractivity contribution is 6.08. The molecule has 1 heterocycles. The number of aromatic nitrogens is 1. The summed E-state index contributed by atoms with van der Waals surface area (Å²) in [4.78, 5) is 4.79. The summed E-state index contributed by atoms with van der Waals surface area (Å²) >= 11 is 0. The lowest BCUT2D eigenvalue weighted by Gasteiger charge is -2.18. The van der Waals surface area contributed by atoms with Gasteiger partial charge in [-0.25, -0.2) is 0 Å². The molecular weight excluding hydrogens is 302 g/mol. The van der Waals surface area contributed by atoms with Crippen molar-refractivity contribution >= 4 is 21.5 Å². The van der Waals surface area contributed by atoms with Crippen molar-refractivity contribution in [3.63, 3.8) is 0 Å². The molecule has 1 nitrogen and oxygen atoms in total. The second kappa shape index (κ2) is 5.70. The zero-order valence-corrected chi connectivity index (χ0v) is 14.5. The summed E-state index contributed by atoms with van der Waals surface area (Å²) in [6, 6.07) is 20.0. The van der Waals surface area contributed by atoms with Crippen molar-refractivity contribution in [1.82, 2.24) is 4.98 Å². The van der Waals surface area contributed by atoms with Crippen LogP contribution < -0.4 is 0 Å². The minimum atomic E-state index is 1.09. The van der Waals surface area contributed by atoms with Crippen molar-refractivity contribution in [1.29, 1.82) is 0 Å². The van der Waals surface area contributed by atoms with E-state index in [1.165, 1.54) is 63.9 Å². The molecular formula is C24H21N. The van der Waals surface area contributed by atoms with Crippen LogP contribution in [-0.4, -0.2) is 4.98 Å². The monoisotopic (exact) mass is 323 g/mol. The predicted octanol–water partition coefficient (Wildman–Crippen LogP) is 6.24. The molecule has 0 aliphatic heterocycles. The van der Waals surface area contributed by atoms with E-state index in [0.29, 0.717) is 0 Å². The summed E-state index contributed by atoms with van der Waals surface area (Å²) < 4.78 is 0. The predicted molar refractivity (Wildman–Crippen MR) is 106 cm³/mol. The average molecular weight is 323 g/mol. The summed E-state index contributed by atoms with van der Waals surface area (Å²) in [5, 5.41) is 5.09. The molecule has 0 spiro atoms. The molecule has 122 valence electrons. The minimum Gasteiger partial charge on any atom is -0.256 e. The van der Waals surface area contributed by atoms with Crippen LogP contribution >= 0.6 is 0 Å². The normalized spacial score (nSPS) is 14.0. The first kappa shape index (κ1) is 14.7. The second-order valence-electron chi connectivity index (χ2n) is 7.22. The van der Waals surface area contributed by atoms with Crippen LogP contribution in [0.4, 0.5) is 0 Å². The Kier molecular flexibility index (Phi) is 3.34. The fraction of sp³-hybridized carbons (Fsp3) is 0.208. The van der Waals surface area contributed by atoms with Gasteiger partial charge in [-0.1, -0.05) is 42.5 Å². The lowest BCUT2D eigenvalue weighted by molar-refractivity contribution is 0.685. The molecule has 0 saturated heterocycles. The maximum atomic E-state index is 4.79. The van der Waals surface area contributed by atoms with Crippen LogP contribution in [0, 0.1) is 6.92 Å². The first-order valence-electron chi connectivity index (χ1n) is 9.20. The lowest BCUT2D eigenvalue weighted by Crippen LogP contribution is -2.04. The molecule has 1 aliphatic rings. The Hall–Kier alpha value is -2.67. The van der Waals surface area contributed by atoms with E-state index in [4.69, 9.17) is 4.98 Å². The maximum absolute atomic E-state index is 4.79. The van der Waals surface area contributed by atoms with Crippen LogP contribution in [0.25, 0.3) is 32.8 Å². The molecule has 3 aromatic carbocycles. The molecule has 1 heteroatoms. The van der Waals surface area contributed by atoms with Gasteiger partial charge in [-0.15, -0.1) is 0 Å². The molecule has 25 heavy (non-hydrogen) atoms. The molecule has 4 aromatic rings. The molecule has 5 rings (SSSR count). The van der Waals surface area contributed by atoms with E-state index in [0.717, 1.165) is 5.69 Å². The van der Waals surface area contributed by atoms with Crippen molar-refractivity contribution < 1.29 is 0 Å². The Labute approximate surface area is 148 Å². The first-order chi connectivity index (χ1) is 12.3. The van der Waals surface area contributed by atoms with Gasteiger partial charge >= 0.3 is 0 Å². The minimum absolute atomic E-state index is 1.09. The fourth-order valence-electron chi connectivity index (χ4n) is 4.23. The van der Waals surface area contributed by atoms with Crippen molar-refractivity contribution in [3.8, 4) is 11.3 Å². The number of aryl methyl sites for hydroxylation is 3. The third-order valence-corrected chi connectivity index (χ3v) is 5.59. The van der Waals surface area contributed by atoms with Crippen LogP contribution in [0.15, 0.2) is 60.8 Å². The highest BCUT2D eigenvalue weighted by atomic mass is 14.7. The van der Waals surface area contributed by atoms with Gasteiger partial charge in [-0.05, 0) is 77.6 Å². The molecule has 0 N–H and O–H groups in total. The van der Waals surface area contributed by atoms with Gasteiger partial charge in [0.1, 0.15) is 0 Å². The third-order valence-electron chi connectivity index (χ3n) is 5.59. The van der Waals surface area contributed by atoms with Crippen LogP contribution in [-0.2, 0) is 12.8 Å². The average Bonchev–Trinajstić information content (AvgIpc) is 2.67. The Morgan fingerprint density at radius 3 is 2.40 bits per heavy atom. The number of benzene rings is 3. The van der Waals surface area contributed by atoms with Crippen LogP contribution in [0.2, 0.25) is 0 Å². The van der Waals surface area contributed by atoms with E-state index >= 15 is 0 Å². The van der Waals surface area contributed by atoms with Crippen molar-refractivity contribution in [2.24, 2.45) is 0 Å². The number of hydrogen-bond acceptors (Lipinski definition) is 1. The van der Waals surface area contributed by atoms with E-state index in [2.05, 4.69) is 61.5 Å². The van der Waals surface area contributed by atoms with E-state index in [1.807, 2.05) is 6.20 Å². The quantitative estimate of drug-likeness (QED) is 0.378. The number of nitrogens with zero attached hydrogens (tertiary/aromatic N) is 1. The molecule has 0 radical (unpaired) electrons. The molecule has 0 amide bonds. The molecule has 0 unspecified atom stereocenters. The molecule has 0 saturated carbocycles. The SMILES string of the molecule is Cc1cc2c(cc1-c1cc3c(ccc4ccccc43)cn1)CCCC2. The van der Waals surface area contributed by atoms with E-state index < -0.39 is 0 Å². The van der Waals surface area contributed by atoms with Gasteiger partial charge in [0.15, 0.2) is 0 Å². The molecule has 1 aliphatic carbocycles. The van der Waals surface area contributed by atoms with Crippen LogP contribution in [0.3, 0.4) is 0 Å². The van der Waals surface area contributed by atoms with E-state index in [9.17, 15) is 0 Å². The van der Waals surface area contributed by atoms with Crippen molar-refractivity contribution in [2.45, 2.75) is 32.6 Å².